The summed E-state index contributed by atoms with van der Waals surface area (Å²) in [4.78, 5) is 0. The Balaban J connectivity index is 2.58. The molecule has 1 aromatic heterocycles. The van der Waals surface area contributed by atoms with Gasteiger partial charge in [0, 0.05) is 12.6 Å². The van der Waals surface area contributed by atoms with E-state index in [9.17, 15) is 8.78 Å². The molecule has 0 aliphatic carbocycles. The first kappa shape index (κ1) is 15.7. The Hall–Kier alpha value is -1.66. The maximum atomic E-state index is 14.2. The Morgan fingerprint density at radius 2 is 2.10 bits per heavy atom. The lowest BCUT2D eigenvalue weighted by molar-refractivity contribution is 0.399. The lowest BCUT2D eigenvalue weighted by atomic mass is 10.0. The molecular formula is C14H16ClF2N3O. The summed E-state index contributed by atoms with van der Waals surface area (Å²) in [5, 5.41) is 6.96. The minimum Gasteiger partial charge on any atom is -0.493 e. The minimum absolute atomic E-state index is 0.153. The number of benzene rings is 1. The molecule has 0 bridgehead atoms. The molecule has 1 heterocycles. The molecule has 0 radical (unpaired) electrons. The SMILES string of the molecule is CCNC(c1cc(F)c(Cl)cc1F)c1c(OC)cnn1C. The van der Waals surface area contributed by atoms with Gasteiger partial charge in [-0.1, -0.05) is 18.5 Å². The smallest absolute Gasteiger partial charge is 0.161 e. The Kier molecular flexibility index (Phi) is 4.80. The van der Waals surface area contributed by atoms with Gasteiger partial charge in [0.25, 0.3) is 0 Å². The molecule has 0 spiro atoms. The van der Waals surface area contributed by atoms with Crippen molar-refractivity contribution in [1.29, 1.82) is 0 Å². The van der Waals surface area contributed by atoms with Crippen molar-refractivity contribution in [3.05, 3.63) is 46.2 Å². The van der Waals surface area contributed by atoms with Gasteiger partial charge in [0.15, 0.2) is 5.75 Å². The van der Waals surface area contributed by atoms with E-state index in [1.165, 1.54) is 13.3 Å². The lowest BCUT2D eigenvalue weighted by Gasteiger charge is -2.21. The second-order valence-electron chi connectivity index (χ2n) is 4.50. The first-order valence-electron chi connectivity index (χ1n) is 6.43. The molecule has 114 valence electrons. The number of nitrogens with one attached hydrogen (secondary N) is 1. The fourth-order valence-corrected chi connectivity index (χ4v) is 2.38. The van der Waals surface area contributed by atoms with Gasteiger partial charge in [0.2, 0.25) is 0 Å². The average molecular weight is 316 g/mol. The first-order valence-corrected chi connectivity index (χ1v) is 6.81. The van der Waals surface area contributed by atoms with Crippen molar-refractivity contribution in [2.24, 2.45) is 7.05 Å². The maximum absolute atomic E-state index is 14.2. The minimum atomic E-state index is -0.669. The van der Waals surface area contributed by atoms with Crippen LogP contribution in [0.3, 0.4) is 0 Å². The molecule has 0 aliphatic heterocycles. The maximum Gasteiger partial charge on any atom is 0.161 e. The Morgan fingerprint density at radius 1 is 1.38 bits per heavy atom. The zero-order valence-electron chi connectivity index (χ0n) is 12.0. The van der Waals surface area contributed by atoms with E-state index in [-0.39, 0.29) is 10.6 Å². The van der Waals surface area contributed by atoms with Crippen molar-refractivity contribution in [3.8, 4) is 5.75 Å². The van der Waals surface area contributed by atoms with E-state index in [1.807, 2.05) is 6.92 Å². The zero-order chi connectivity index (χ0) is 15.6. The summed E-state index contributed by atoms with van der Waals surface area (Å²) in [5.41, 5.74) is 0.764. The van der Waals surface area contributed by atoms with Crippen LogP contribution in [0.15, 0.2) is 18.3 Å². The molecule has 2 aromatic rings. The quantitative estimate of drug-likeness (QED) is 0.862. The van der Waals surface area contributed by atoms with Crippen molar-refractivity contribution < 1.29 is 13.5 Å². The summed E-state index contributed by atoms with van der Waals surface area (Å²) >= 11 is 5.60. The molecule has 1 N–H and O–H groups in total. The van der Waals surface area contributed by atoms with Gasteiger partial charge in [-0.15, -0.1) is 0 Å². The van der Waals surface area contributed by atoms with Gasteiger partial charge in [-0.2, -0.15) is 5.10 Å². The second-order valence-corrected chi connectivity index (χ2v) is 4.91. The largest absolute Gasteiger partial charge is 0.493 e. The van der Waals surface area contributed by atoms with Crippen LogP contribution in [0.1, 0.15) is 24.2 Å². The summed E-state index contributed by atoms with van der Waals surface area (Å²) < 4.78 is 34.7. The Labute approximate surface area is 126 Å². The molecule has 7 heteroatoms. The van der Waals surface area contributed by atoms with Crippen LogP contribution in [-0.2, 0) is 7.05 Å². The van der Waals surface area contributed by atoms with Crippen LogP contribution < -0.4 is 10.1 Å². The van der Waals surface area contributed by atoms with E-state index >= 15 is 0 Å². The number of halogens is 3. The molecule has 0 saturated heterocycles. The summed E-state index contributed by atoms with van der Waals surface area (Å²) in [5.74, 6) is -0.758. The molecule has 1 unspecified atom stereocenters. The topological polar surface area (TPSA) is 39.1 Å². The summed E-state index contributed by atoms with van der Waals surface area (Å²) in [6.45, 7) is 2.43. The number of hydrogen-bond acceptors (Lipinski definition) is 3. The molecule has 2 rings (SSSR count). The van der Waals surface area contributed by atoms with Crippen molar-refractivity contribution in [2.75, 3.05) is 13.7 Å². The van der Waals surface area contributed by atoms with E-state index in [2.05, 4.69) is 10.4 Å². The first-order chi connectivity index (χ1) is 9.99. The molecule has 0 saturated carbocycles. The van der Waals surface area contributed by atoms with E-state index in [4.69, 9.17) is 16.3 Å². The number of aryl methyl sites for hydroxylation is 1. The number of nitrogens with zero attached hydrogens (tertiary/aromatic N) is 2. The van der Waals surface area contributed by atoms with Crippen LogP contribution in [0.2, 0.25) is 5.02 Å². The number of ether oxygens (including phenoxy) is 1. The van der Waals surface area contributed by atoms with Crippen LogP contribution in [0.25, 0.3) is 0 Å². The highest BCUT2D eigenvalue weighted by Crippen LogP contribution is 2.32. The normalized spacial score (nSPS) is 12.5. The summed E-state index contributed by atoms with van der Waals surface area (Å²) in [6.07, 6.45) is 1.53. The molecule has 1 aromatic carbocycles. The summed E-state index contributed by atoms with van der Waals surface area (Å²) in [7, 11) is 3.22. The van der Waals surface area contributed by atoms with Gasteiger partial charge in [-0.05, 0) is 18.7 Å². The molecule has 1 atom stereocenters. The standard InChI is InChI=1S/C14H16ClF2N3O/c1-4-18-13(14-12(21-3)7-19-20(14)2)8-5-11(17)9(15)6-10(8)16/h5-7,13,18H,4H2,1-3H3. The molecular weight excluding hydrogens is 300 g/mol. The second kappa shape index (κ2) is 6.41. The lowest BCUT2D eigenvalue weighted by Crippen LogP contribution is -2.26. The molecule has 21 heavy (non-hydrogen) atoms. The number of aromatic nitrogens is 2. The van der Waals surface area contributed by atoms with Gasteiger partial charge in [0.1, 0.15) is 17.3 Å². The number of rotatable bonds is 5. The molecule has 0 amide bonds. The Morgan fingerprint density at radius 3 is 2.71 bits per heavy atom. The van der Waals surface area contributed by atoms with E-state index in [1.54, 1.807) is 11.7 Å². The van der Waals surface area contributed by atoms with Gasteiger partial charge < -0.3 is 10.1 Å². The third kappa shape index (κ3) is 3.01. The van der Waals surface area contributed by atoms with Crippen LogP contribution in [0.5, 0.6) is 5.75 Å². The van der Waals surface area contributed by atoms with Crippen molar-refractivity contribution in [1.82, 2.24) is 15.1 Å². The van der Waals surface area contributed by atoms with Crippen LogP contribution >= 0.6 is 11.6 Å². The van der Waals surface area contributed by atoms with Crippen molar-refractivity contribution >= 4 is 11.6 Å². The summed E-state index contributed by atoms with van der Waals surface area (Å²) in [6, 6.07) is 1.47. The van der Waals surface area contributed by atoms with Gasteiger partial charge in [-0.25, -0.2) is 8.78 Å². The van der Waals surface area contributed by atoms with E-state index in [0.717, 1.165) is 12.1 Å². The van der Waals surface area contributed by atoms with Gasteiger partial charge >= 0.3 is 0 Å². The zero-order valence-corrected chi connectivity index (χ0v) is 12.7. The highest BCUT2D eigenvalue weighted by Gasteiger charge is 2.25. The van der Waals surface area contributed by atoms with Gasteiger partial charge in [0.05, 0.1) is 24.4 Å². The van der Waals surface area contributed by atoms with Crippen LogP contribution in [0, 0.1) is 11.6 Å². The van der Waals surface area contributed by atoms with Gasteiger partial charge in [-0.3, -0.25) is 4.68 Å². The molecule has 0 fully saturated rings. The van der Waals surface area contributed by atoms with E-state index in [0.29, 0.717) is 18.0 Å². The number of methoxy groups -OCH3 is 1. The molecule has 0 aliphatic rings. The Bertz CT molecular complexity index is 645. The van der Waals surface area contributed by atoms with Crippen LogP contribution in [-0.4, -0.2) is 23.4 Å². The van der Waals surface area contributed by atoms with Crippen molar-refractivity contribution in [2.45, 2.75) is 13.0 Å². The van der Waals surface area contributed by atoms with Crippen LogP contribution in [0.4, 0.5) is 8.78 Å². The predicted octanol–water partition coefficient (Wildman–Crippen LogP) is 3.06. The fraction of sp³-hybridized carbons (Fsp3) is 0.357. The highest BCUT2D eigenvalue weighted by atomic mass is 35.5. The molecule has 4 nitrogen and oxygen atoms in total. The average Bonchev–Trinajstić information content (AvgIpc) is 2.81. The third-order valence-corrected chi connectivity index (χ3v) is 3.49. The van der Waals surface area contributed by atoms with E-state index < -0.39 is 17.7 Å². The third-order valence-electron chi connectivity index (χ3n) is 3.20. The van der Waals surface area contributed by atoms with Crippen molar-refractivity contribution in [3.63, 3.8) is 0 Å². The predicted molar refractivity (Wildman–Crippen MR) is 76.6 cm³/mol. The number of hydrogen-bond donors (Lipinski definition) is 1. The fourth-order valence-electron chi connectivity index (χ4n) is 2.23. The highest BCUT2D eigenvalue weighted by molar-refractivity contribution is 6.30. The monoisotopic (exact) mass is 315 g/mol.